The highest BCUT2D eigenvalue weighted by molar-refractivity contribution is 6.21. The summed E-state index contributed by atoms with van der Waals surface area (Å²) in [5, 5.41) is 0. The van der Waals surface area contributed by atoms with Gasteiger partial charge in [-0.3, -0.25) is 4.79 Å². The van der Waals surface area contributed by atoms with Crippen LogP contribution in [0.4, 0.5) is 0 Å². The lowest BCUT2D eigenvalue weighted by molar-refractivity contribution is -0.107. The molecule has 17 heavy (non-hydrogen) atoms. The van der Waals surface area contributed by atoms with Crippen LogP contribution in [-0.4, -0.2) is 12.1 Å². The van der Waals surface area contributed by atoms with Crippen molar-refractivity contribution in [3.8, 4) is 11.1 Å². The molecule has 0 amide bonds. The molecule has 2 nitrogen and oxygen atoms in total. The number of hydrogen-bond acceptors (Lipinski definition) is 2. The van der Waals surface area contributed by atoms with Crippen LogP contribution >= 0.6 is 0 Å². The van der Waals surface area contributed by atoms with Gasteiger partial charge < -0.3 is 4.79 Å². The number of carbonyl (C=O) groups excluding carboxylic acids is 2. The lowest BCUT2D eigenvalue weighted by Crippen LogP contribution is -1.96. The molecule has 0 aromatic heterocycles. The zero-order valence-electron chi connectivity index (χ0n) is 9.14. The molecule has 0 radical (unpaired) electrons. The van der Waals surface area contributed by atoms with E-state index in [4.69, 9.17) is 0 Å². The second kappa shape index (κ2) is 3.67. The fourth-order valence-electron chi connectivity index (χ4n) is 2.30. The first kappa shape index (κ1) is 9.97. The van der Waals surface area contributed by atoms with Gasteiger partial charge >= 0.3 is 0 Å². The highest BCUT2D eigenvalue weighted by atomic mass is 16.1. The van der Waals surface area contributed by atoms with Crippen molar-refractivity contribution in [2.45, 2.75) is 6.42 Å². The molecule has 2 aromatic carbocycles. The molecule has 0 saturated carbocycles. The quantitative estimate of drug-likeness (QED) is 0.624. The Kier molecular flexibility index (Phi) is 2.15. The molecule has 0 saturated heterocycles. The minimum atomic E-state index is 0.0587. The van der Waals surface area contributed by atoms with E-state index in [1.165, 1.54) is 0 Å². The second-order valence-electron chi connectivity index (χ2n) is 4.13. The molecular weight excluding hydrogens is 212 g/mol. The predicted molar refractivity (Wildman–Crippen MR) is 65.1 cm³/mol. The Balaban J connectivity index is 2.20. The van der Waals surface area contributed by atoms with Gasteiger partial charge in [0.1, 0.15) is 6.29 Å². The average molecular weight is 222 g/mol. The standard InChI is InChI=1S/C15H10O2/c16-8-7-10-5-6-12-11-3-1-2-4-13(11)15(17)14(12)9-10/h1-6,8-9H,7H2. The Morgan fingerprint density at radius 2 is 1.59 bits per heavy atom. The maximum atomic E-state index is 12.2. The van der Waals surface area contributed by atoms with Gasteiger partial charge in [0.15, 0.2) is 5.78 Å². The van der Waals surface area contributed by atoms with Gasteiger partial charge in [-0.1, -0.05) is 36.4 Å². The van der Waals surface area contributed by atoms with Gasteiger partial charge in [-0.25, -0.2) is 0 Å². The highest BCUT2D eigenvalue weighted by Gasteiger charge is 2.25. The molecule has 82 valence electrons. The van der Waals surface area contributed by atoms with Crippen molar-refractivity contribution < 1.29 is 9.59 Å². The number of benzene rings is 2. The first-order chi connectivity index (χ1) is 8.31. The zero-order chi connectivity index (χ0) is 11.8. The SMILES string of the molecule is O=CCc1ccc2c(c1)C(=O)c1ccccc1-2. The molecule has 0 fully saturated rings. The maximum Gasteiger partial charge on any atom is 0.194 e. The fourth-order valence-corrected chi connectivity index (χ4v) is 2.30. The van der Waals surface area contributed by atoms with E-state index in [1.54, 1.807) is 0 Å². The predicted octanol–water partition coefficient (Wildman–Crippen LogP) is 2.64. The van der Waals surface area contributed by atoms with Crippen molar-refractivity contribution in [3.05, 3.63) is 59.2 Å². The molecular formula is C15H10O2. The van der Waals surface area contributed by atoms with Crippen molar-refractivity contribution in [2.24, 2.45) is 0 Å². The fraction of sp³-hybridized carbons (Fsp3) is 0.0667. The van der Waals surface area contributed by atoms with Crippen LogP contribution in [0.5, 0.6) is 0 Å². The maximum absolute atomic E-state index is 12.2. The van der Waals surface area contributed by atoms with Gasteiger partial charge in [0, 0.05) is 17.5 Å². The third-order valence-electron chi connectivity index (χ3n) is 3.11. The molecule has 1 aliphatic rings. The summed E-state index contributed by atoms with van der Waals surface area (Å²) in [6, 6.07) is 13.3. The molecule has 0 aliphatic heterocycles. The van der Waals surface area contributed by atoms with Crippen molar-refractivity contribution in [1.29, 1.82) is 0 Å². The molecule has 1 aliphatic carbocycles. The Hall–Kier alpha value is -2.22. The van der Waals surface area contributed by atoms with Crippen LogP contribution in [0.1, 0.15) is 21.5 Å². The number of rotatable bonds is 2. The summed E-state index contributed by atoms with van der Waals surface area (Å²) in [7, 11) is 0. The molecule has 0 heterocycles. The largest absolute Gasteiger partial charge is 0.303 e. The Bertz CT molecular complexity index is 627. The van der Waals surface area contributed by atoms with Crippen molar-refractivity contribution in [3.63, 3.8) is 0 Å². The van der Waals surface area contributed by atoms with Gasteiger partial charge in [-0.05, 0) is 22.8 Å². The first-order valence-corrected chi connectivity index (χ1v) is 5.52. The van der Waals surface area contributed by atoms with E-state index in [1.807, 2.05) is 42.5 Å². The molecule has 0 spiro atoms. The number of carbonyl (C=O) groups is 2. The summed E-state index contributed by atoms with van der Waals surface area (Å²) >= 11 is 0. The monoisotopic (exact) mass is 222 g/mol. The van der Waals surface area contributed by atoms with Crippen molar-refractivity contribution in [1.82, 2.24) is 0 Å². The highest BCUT2D eigenvalue weighted by Crippen LogP contribution is 2.36. The van der Waals surface area contributed by atoms with Crippen LogP contribution < -0.4 is 0 Å². The summed E-state index contributed by atoms with van der Waals surface area (Å²) in [6.45, 7) is 0. The lowest BCUT2D eigenvalue weighted by Gasteiger charge is -2.01. The molecule has 0 bridgehead atoms. The van der Waals surface area contributed by atoms with Crippen molar-refractivity contribution in [2.75, 3.05) is 0 Å². The van der Waals surface area contributed by atoms with Crippen molar-refractivity contribution >= 4 is 12.1 Å². The molecule has 0 N–H and O–H groups in total. The first-order valence-electron chi connectivity index (χ1n) is 5.52. The molecule has 0 atom stereocenters. The number of fused-ring (bicyclic) bond motifs is 3. The topological polar surface area (TPSA) is 34.1 Å². The lowest BCUT2D eigenvalue weighted by atomic mass is 10.0. The second-order valence-corrected chi connectivity index (χ2v) is 4.13. The van der Waals surface area contributed by atoms with Crippen LogP contribution in [-0.2, 0) is 11.2 Å². The zero-order valence-corrected chi connectivity index (χ0v) is 9.14. The summed E-state index contributed by atoms with van der Waals surface area (Å²) in [4.78, 5) is 22.6. The third-order valence-corrected chi connectivity index (χ3v) is 3.11. The number of ketones is 1. The van der Waals surface area contributed by atoms with E-state index in [2.05, 4.69) is 0 Å². The minimum Gasteiger partial charge on any atom is -0.303 e. The summed E-state index contributed by atoms with van der Waals surface area (Å²) in [5.74, 6) is 0.0587. The average Bonchev–Trinajstić information content (AvgIpc) is 2.65. The molecule has 2 heteroatoms. The van der Waals surface area contributed by atoms with Gasteiger partial charge in [-0.2, -0.15) is 0 Å². The summed E-state index contributed by atoms with van der Waals surface area (Å²) in [5.41, 5.74) is 4.32. The van der Waals surface area contributed by atoms with E-state index < -0.39 is 0 Å². The molecule has 2 aromatic rings. The Morgan fingerprint density at radius 1 is 0.882 bits per heavy atom. The number of aldehydes is 1. The minimum absolute atomic E-state index is 0.0587. The normalized spacial score (nSPS) is 12.1. The van der Waals surface area contributed by atoms with Crippen LogP contribution in [0.3, 0.4) is 0 Å². The molecule has 3 rings (SSSR count). The van der Waals surface area contributed by atoms with Gasteiger partial charge in [0.25, 0.3) is 0 Å². The van der Waals surface area contributed by atoms with Gasteiger partial charge in [0.05, 0.1) is 0 Å². The molecule has 0 unspecified atom stereocenters. The van der Waals surface area contributed by atoms with E-state index >= 15 is 0 Å². The third kappa shape index (κ3) is 1.41. The van der Waals surface area contributed by atoms with E-state index in [-0.39, 0.29) is 5.78 Å². The summed E-state index contributed by atoms with van der Waals surface area (Å²) in [6.07, 6.45) is 1.21. The Morgan fingerprint density at radius 3 is 2.35 bits per heavy atom. The van der Waals surface area contributed by atoms with Crippen LogP contribution in [0.15, 0.2) is 42.5 Å². The van der Waals surface area contributed by atoms with Crippen LogP contribution in [0.25, 0.3) is 11.1 Å². The number of hydrogen-bond donors (Lipinski definition) is 0. The smallest absolute Gasteiger partial charge is 0.194 e. The van der Waals surface area contributed by atoms with E-state index in [9.17, 15) is 9.59 Å². The van der Waals surface area contributed by atoms with Gasteiger partial charge in [0.2, 0.25) is 0 Å². The van der Waals surface area contributed by atoms with E-state index in [0.29, 0.717) is 12.0 Å². The Labute approximate surface area is 98.9 Å². The van der Waals surface area contributed by atoms with Gasteiger partial charge in [-0.15, -0.1) is 0 Å². The summed E-state index contributed by atoms with van der Waals surface area (Å²) < 4.78 is 0. The van der Waals surface area contributed by atoms with E-state index in [0.717, 1.165) is 28.5 Å². The van der Waals surface area contributed by atoms with Crippen LogP contribution in [0.2, 0.25) is 0 Å². The van der Waals surface area contributed by atoms with Crippen LogP contribution in [0, 0.1) is 0 Å².